The first-order valence-corrected chi connectivity index (χ1v) is 15.2. The number of pyridine rings is 1. The maximum absolute atomic E-state index is 14.0. The first kappa shape index (κ1) is 34.1. The fourth-order valence-corrected chi connectivity index (χ4v) is 5.56. The van der Waals surface area contributed by atoms with Crippen LogP contribution in [0.4, 0.5) is 44.3 Å². The van der Waals surface area contributed by atoms with Gasteiger partial charge in [-0.25, -0.2) is 19.0 Å². The van der Waals surface area contributed by atoms with E-state index in [1.165, 1.54) is 11.3 Å². The van der Waals surface area contributed by atoms with E-state index >= 15 is 0 Å². The lowest BCUT2D eigenvalue weighted by Gasteiger charge is -2.29. The molecule has 46 heavy (non-hydrogen) atoms. The number of alkyl halides is 3. The average Bonchev–Trinajstić information content (AvgIpc) is 3.42. The van der Waals surface area contributed by atoms with Gasteiger partial charge in [-0.15, -0.1) is 11.3 Å². The van der Waals surface area contributed by atoms with E-state index in [2.05, 4.69) is 32.8 Å². The number of nitrogen functional groups attached to an aromatic ring is 1. The van der Waals surface area contributed by atoms with Gasteiger partial charge in [0.2, 0.25) is 0 Å². The fraction of sp³-hybridized carbons (Fsp3) is 0.303. The Morgan fingerprint density at radius 2 is 1.70 bits per heavy atom. The Balaban J connectivity index is 1.55. The summed E-state index contributed by atoms with van der Waals surface area (Å²) in [4.78, 5) is 29.3. The number of benzene rings is 2. The van der Waals surface area contributed by atoms with Crippen LogP contribution in [0.3, 0.4) is 0 Å². The normalized spacial score (nSPS) is 11.8. The highest BCUT2D eigenvalue weighted by atomic mass is 32.1. The summed E-state index contributed by atoms with van der Waals surface area (Å²) in [6, 6.07) is 7.48. The van der Waals surface area contributed by atoms with Gasteiger partial charge in [0, 0.05) is 22.8 Å². The van der Waals surface area contributed by atoms with Crippen molar-refractivity contribution in [1.29, 1.82) is 0 Å². The molecule has 0 saturated heterocycles. The number of nitrogens with two attached hydrogens (primary N) is 1. The minimum atomic E-state index is -4.69. The van der Waals surface area contributed by atoms with Gasteiger partial charge in [-0.05, 0) is 74.9 Å². The molecular weight excluding hydrogens is 622 g/mol. The van der Waals surface area contributed by atoms with Gasteiger partial charge < -0.3 is 26.4 Å². The van der Waals surface area contributed by atoms with Crippen LogP contribution in [0, 0.1) is 17.7 Å². The third kappa shape index (κ3) is 8.06. The molecule has 4 rings (SSSR count). The summed E-state index contributed by atoms with van der Waals surface area (Å²) < 4.78 is 59.3. The van der Waals surface area contributed by atoms with Crippen molar-refractivity contribution in [3.05, 3.63) is 71.0 Å². The predicted molar refractivity (Wildman–Crippen MR) is 173 cm³/mol. The third-order valence-electron chi connectivity index (χ3n) is 7.00. The summed E-state index contributed by atoms with van der Waals surface area (Å²) in [7, 11) is 0. The van der Waals surface area contributed by atoms with Crippen molar-refractivity contribution >= 4 is 50.7 Å². The lowest BCUT2D eigenvalue weighted by molar-refractivity contribution is -0.137. The molecule has 2 heterocycles. The fourth-order valence-electron chi connectivity index (χ4n) is 4.51. The van der Waals surface area contributed by atoms with Crippen LogP contribution in [0.25, 0.3) is 21.2 Å². The molecule has 242 valence electrons. The van der Waals surface area contributed by atoms with E-state index in [4.69, 9.17) is 10.5 Å². The number of alkyl carbamates (subject to hydrolysis) is 1. The smallest absolute Gasteiger partial charge is 0.416 e. The summed E-state index contributed by atoms with van der Waals surface area (Å²) in [6.07, 6.45) is -2.56. The number of amides is 3. The summed E-state index contributed by atoms with van der Waals surface area (Å²) >= 11 is 1.43. The van der Waals surface area contributed by atoms with Gasteiger partial charge in [0.15, 0.2) is 0 Å². The van der Waals surface area contributed by atoms with Crippen molar-refractivity contribution in [2.45, 2.75) is 64.8 Å². The van der Waals surface area contributed by atoms with Crippen LogP contribution in [-0.4, -0.2) is 28.2 Å². The molecule has 4 aromatic rings. The van der Waals surface area contributed by atoms with Crippen LogP contribution in [-0.2, 0) is 10.9 Å². The Hall–Kier alpha value is -4.83. The molecule has 2 aromatic heterocycles. The van der Waals surface area contributed by atoms with Crippen LogP contribution < -0.4 is 21.7 Å². The number of thiophene rings is 1. The molecule has 8 nitrogen and oxygen atoms in total. The van der Waals surface area contributed by atoms with Crippen molar-refractivity contribution in [1.82, 2.24) is 10.3 Å². The molecule has 0 aliphatic rings. The largest absolute Gasteiger partial charge is 0.444 e. The van der Waals surface area contributed by atoms with E-state index in [-0.39, 0.29) is 0 Å². The highest BCUT2D eigenvalue weighted by Gasteiger charge is 2.31. The molecule has 2 aromatic carbocycles. The zero-order valence-electron chi connectivity index (χ0n) is 25.8. The van der Waals surface area contributed by atoms with Crippen molar-refractivity contribution in [2.24, 2.45) is 0 Å². The Labute approximate surface area is 267 Å². The van der Waals surface area contributed by atoms with Gasteiger partial charge >= 0.3 is 18.3 Å². The van der Waals surface area contributed by atoms with E-state index in [0.29, 0.717) is 53.5 Å². The van der Waals surface area contributed by atoms with Crippen LogP contribution in [0.2, 0.25) is 0 Å². The Bertz CT molecular complexity index is 1820. The number of hydrogen-bond donors (Lipinski definition) is 4. The molecule has 0 bridgehead atoms. The van der Waals surface area contributed by atoms with E-state index < -0.39 is 46.5 Å². The standard InChI is InChI=1S/C33H33F4N5O3S/c1-6-32(7-2,42-30(44)45-31(3,4)5)15-14-20-17-39-28(38)26-23(18-46-27(20)26)19-8-11-22(12-9-19)40-29(43)41-25-16-21(33(35,36)37)10-13-24(25)34/h8-13,16-18H,6-7H2,1-5H3,(H2,38,39)(H,42,44)(H2,40,41,43). The van der Waals surface area contributed by atoms with Gasteiger partial charge in [-0.3, -0.25) is 0 Å². The third-order valence-corrected chi connectivity index (χ3v) is 8.02. The topological polar surface area (TPSA) is 118 Å². The lowest BCUT2D eigenvalue weighted by Crippen LogP contribution is -2.48. The molecule has 0 aliphatic heterocycles. The van der Waals surface area contributed by atoms with Gasteiger partial charge in [-0.1, -0.05) is 37.8 Å². The number of rotatable bonds is 6. The number of halogens is 4. The molecule has 5 N–H and O–H groups in total. The van der Waals surface area contributed by atoms with Crippen molar-refractivity contribution in [3.8, 4) is 23.0 Å². The second kappa shape index (κ2) is 13.3. The number of fused-ring (bicyclic) bond motifs is 1. The number of carbonyl (C=O) groups is 2. The molecule has 0 unspecified atom stereocenters. The van der Waals surface area contributed by atoms with Crippen molar-refractivity contribution < 1.29 is 31.9 Å². The second-order valence-electron chi connectivity index (χ2n) is 11.4. The molecule has 13 heteroatoms. The van der Waals surface area contributed by atoms with Crippen LogP contribution in [0.1, 0.15) is 58.6 Å². The van der Waals surface area contributed by atoms with Crippen LogP contribution >= 0.6 is 11.3 Å². The molecule has 0 atom stereocenters. The summed E-state index contributed by atoms with van der Waals surface area (Å²) in [6.45, 7) is 9.23. The second-order valence-corrected chi connectivity index (χ2v) is 12.3. The monoisotopic (exact) mass is 655 g/mol. The summed E-state index contributed by atoms with van der Waals surface area (Å²) in [5, 5.41) is 10.1. The number of nitrogens with one attached hydrogen (secondary N) is 3. The number of aromatic nitrogens is 1. The Morgan fingerprint density at radius 1 is 1.02 bits per heavy atom. The molecule has 0 saturated carbocycles. The van der Waals surface area contributed by atoms with Gasteiger partial charge in [0.25, 0.3) is 0 Å². The molecule has 0 fully saturated rings. The summed E-state index contributed by atoms with van der Waals surface area (Å²) in [5.41, 5.74) is 5.60. The van der Waals surface area contributed by atoms with Crippen LogP contribution in [0.5, 0.6) is 0 Å². The maximum Gasteiger partial charge on any atom is 0.416 e. The highest BCUT2D eigenvalue weighted by Crippen LogP contribution is 2.39. The lowest BCUT2D eigenvalue weighted by atomic mass is 9.93. The number of urea groups is 1. The van der Waals surface area contributed by atoms with Gasteiger partial charge in [0.1, 0.15) is 22.8 Å². The average molecular weight is 656 g/mol. The number of anilines is 3. The molecule has 3 amide bonds. The van der Waals surface area contributed by atoms with Gasteiger partial charge in [0.05, 0.1) is 21.5 Å². The zero-order chi connectivity index (χ0) is 33.9. The number of carbonyl (C=O) groups excluding carboxylic acids is 2. The SMILES string of the molecule is CCC(C#Cc1cnc(N)c2c(-c3ccc(NC(=O)Nc4cc(C(F)(F)F)ccc4F)cc3)csc12)(CC)NC(=O)OC(C)(C)C. The maximum atomic E-state index is 14.0. The number of hydrogen-bond acceptors (Lipinski definition) is 6. The number of ether oxygens (including phenoxy) is 1. The Morgan fingerprint density at radius 3 is 2.30 bits per heavy atom. The minimum absolute atomic E-state index is 0.297. The molecule has 0 spiro atoms. The number of nitrogens with zero attached hydrogens (tertiary/aromatic N) is 1. The van der Waals surface area contributed by atoms with Crippen molar-refractivity contribution in [2.75, 3.05) is 16.4 Å². The van der Waals surface area contributed by atoms with E-state index in [1.807, 2.05) is 19.2 Å². The first-order valence-electron chi connectivity index (χ1n) is 14.3. The van der Waals surface area contributed by atoms with E-state index in [9.17, 15) is 27.2 Å². The minimum Gasteiger partial charge on any atom is -0.444 e. The summed E-state index contributed by atoms with van der Waals surface area (Å²) in [5.74, 6) is 5.70. The van der Waals surface area contributed by atoms with Gasteiger partial charge in [-0.2, -0.15) is 13.2 Å². The Kier molecular flexibility index (Phi) is 9.82. The predicted octanol–water partition coefficient (Wildman–Crippen LogP) is 8.78. The highest BCUT2D eigenvalue weighted by molar-refractivity contribution is 7.18. The molecule has 0 radical (unpaired) electrons. The molecule has 0 aliphatic carbocycles. The van der Waals surface area contributed by atoms with E-state index in [0.717, 1.165) is 15.8 Å². The molecular formula is C33H33F4N5O3S. The van der Waals surface area contributed by atoms with E-state index in [1.54, 1.807) is 51.2 Å². The first-order chi connectivity index (χ1) is 21.5. The van der Waals surface area contributed by atoms with Crippen LogP contribution in [0.15, 0.2) is 54.0 Å². The zero-order valence-corrected chi connectivity index (χ0v) is 26.6. The quantitative estimate of drug-likeness (QED) is 0.122. The van der Waals surface area contributed by atoms with Crippen molar-refractivity contribution in [3.63, 3.8) is 0 Å².